The largest absolute Gasteiger partial charge is 0.484 e. The van der Waals surface area contributed by atoms with E-state index in [2.05, 4.69) is 0 Å². The summed E-state index contributed by atoms with van der Waals surface area (Å²) < 4.78 is 36.7. The highest BCUT2D eigenvalue weighted by molar-refractivity contribution is 6.62. The van der Waals surface area contributed by atoms with Crippen molar-refractivity contribution in [1.29, 1.82) is 0 Å². The lowest BCUT2D eigenvalue weighted by Gasteiger charge is -2.33. The molecule has 0 radical (unpaired) electrons. The van der Waals surface area contributed by atoms with Gasteiger partial charge >= 0.3 is 6.98 Å². The molecule has 0 spiro atoms. The summed E-state index contributed by atoms with van der Waals surface area (Å²) in [5.41, 5.74) is 0. The van der Waals surface area contributed by atoms with Crippen LogP contribution in [0.1, 0.15) is 26.2 Å². The SMILES string of the molecule is CC1([B-](F)(F)F)CCC(=O)C1. The lowest BCUT2D eigenvalue weighted by molar-refractivity contribution is -0.117. The second kappa shape index (κ2) is 2.25. The molecule has 0 saturated heterocycles. The predicted octanol–water partition coefficient (Wildman–Crippen LogP) is 2.35. The molecule has 1 aliphatic rings. The maximum atomic E-state index is 12.2. The molecule has 0 aromatic rings. The Morgan fingerprint density at radius 1 is 1.45 bits per heavy atom. The van der Waals surface area contributed by atoms with E-state index in [0.717, 1.165) is 6.92 Å². The van der Waals surface area contributed by atoms with Gasteiger partial charge < -0.3 is 12.9 Å². The van der Waals surface area contributed by atoms with Gasteiger partial charge in [0.25, 0.3) is 0 Å². The van der Waals surface area contributed by atoms with Crippen molar-refractivity contribution in [2.24, 2.45) is 0 Å². The fourth-order valence-electron chi connectivity index (χ4n) is 1.33. The highest BCUT2D eigenvalue weighted by atomic mass is 19.4. The van der Waals surface area contributed by atoms with Gasteiger partial charge in [-0.15, -0.1) is 0 Å². The third kappa shape index (κ3) is 1.41. The number of carbonyl (C=O) groups is 1. The van der Waals surface area contributed by atoms with Gasteiger partial charge in [-0.05, 0) is 6.42 Å². The van der Waals surface area contributed by atoms with Crippen LogP contribution in [0.15, 0.2) is 0 Å². The van der Waals surface area contributed by atoms with Crippen LogP contribution in [-0.2, 0) is 4.79 Å². The Bertz CT molecular complexity index is 189. The van der Waals surface area contributed by atoms with Crippen LogP contribution in [0.25, 0.3) is 0 Å². The molecule has 64 valence electrons. The Balaban J connectivity index is 2.77. The number of hydrogen-bond acceptors (Lipinski definition) is 1. The third-order valence-electron chi connectivity index (χ3n) is 2.37. The monoisotopic (exact) mass is 165 g/mol. The van der Waals surface area contributed by atoms with Crippen molar-refractivity contribution >= 4 is 12.8 Å². The molecule has 5 heteroatoms. The van der Waals surface area contributed by atoms with E-state index in [4.69, 9.17) is 0 Å². The molecule has 0 bridgehead atoms. The summed E-state index contributed by atoms with van der Waals surface area (Å²) in [4.78, 5) is 10.6. The summed E-state index contributed by atoms with van der Waals surface area (Å²) in [7, 11) is 0. The van der Waals surface area contributed by atoms with E-state index < -0.39 is 12.3 Å². The summed E-state index contributed by atoms with van der Waals surface area (Å²) in [5.74, 6) is -0.258. The van der Waals surface area contributed by atoms with E-state index in [1.807, 2.05) is 0 Å². The maximum Gasteiger partial charge on any atom is 0.484 e. The Morgan fingerprint density at radius 3 is 2.18 bits per heavy atom. The van der Waals surface area contributed by atoms with Gasteiger partial charge in [0.05, 0.1) is 0 Å². The van der Waals surface area contributed by atoms with E-state index in [1.165, 1.54) is 0 Å². The molecule has 0 aromatic carbocycles. The summed E-state index contributed by atoms with van der Waals surface area (Å²) in [6.07, 6.45) is -0.233. The summed E-state index contributed by atoms with van der Waals surface area (Å²) in [6, 6.07) is 0. The van der Waals surface area contributed by atoms with Gasteiger partial charge in [0.2, 0.25) is 0 Å². The van der Waals surface area contributed by atoms with E-state index in [0.29, 0.717) is 0 Å². The zero-order valence-corrected chi connectivity index (χ0v) is 6.24. The van der Waals surface area contributed by atoms with Gasteiger partial charge in [-0.2, -0.15) is 0 Å². The molecule has 1 atom stereocenters. The molecule has 0 heterocycles. The van der Waals surface area contributed by atoms with Crippen LogP contribution in [0.3, 0.4) is 0 Å². The lowest BCUT2D eigenvalue weighted by atomic mass is 9.58. The molecule has 11 heavy (non-hydrogen) atoms. The van der Waals surface area contributed by atoms with Gasteiger partial charge in [-0.3, -0.25) is 4.79 Å². The van der Waals surface area contributed by atoms with Crippen molar-refractivity contribution in [3.05, 3.63) is 0 Å². The van der Waals surface area contributed by atoms with Crippen molar-refractivity contribution < 1.29 is 17.7 Å². The molecule has 0 aliphatic heterocycles. The average molecular weight is 165 g/mol. The third-order valence-corrected chi connectivity index (χ3v) is 2.37. The number of hydrogen-bond donors (Lipinski definition) is 0. The first kappa shape index (κ1) is 8.62. The molecule has 1 fully saturated rings. The second-order valence-electron chi connectivity index (χ2n) is 3.44. The van der Waals surface area contributed by atoms with Crippen LogP contribution in [0.2, 0.25) is 5.31 Å². The highest BCUT2D eigenvalue weighted by Gasteiger charge is 2.49. The second-order valence-corrected chi connectivity index (χ2v) is 3.44. The summed E-state index contributed by atoms with van der Waals surface area (Å²) in [6.45, 7) is -3.71. The van der Waals surface area contributed by atoms with Crippen molar-refractivity contribution in [2.75, 3.05) is 0 Å². The molecule has 1 rings (SSSR count). The van der Waals surface area contributed by atoms with E-state index in [1.54, 1.807) is 0 Å². The molecule has 0 aromatic heterocycles. The quantitative estimate of drug-likeness (QED) is 0.545. The Kier molecular flexibility index (Phi) is 1.77. The number of halogens is 3. The van der Waals surface area contributed by atoms with Crippen LogP contribution in [0, 0.1) is 0 Å². The standard InChI is InChI=1S/C6H9BF3O/c1-6(7(8,9)10)3-2-5(11)4-6/h2-4H2,1H3/q-1. The fourth-order valence-corrected chi connectivity index (χ4v) is 1.33. The van der Waals surface area contributed by atoms with Crippen LogP contribution in [-0.4, -0.2) is 12.8 Å². The number of ketones is 1. The summed E-state index contributed by atoms with van der Waals surface area (Å²) >= 11 is 0. The molecular formula is C6H9BF3O-. The summed E-state index contributed by atoms with van der Waals surface area (Å²) in [5, 5.41) is -1.68. The van der Waals surface area contributed by atoms with Crippen molar-refractivity contribution in [3.63, 3.8) is 0 Å². The molecule has 1 aliphatic carbocycles. The highest BCUT2D eigenvalue weighted by Crippen LogP contribution is 2.51. The zero-order valence-electron chi connectivity index (χ0n) is 6.24. The molecule has 0 amide bonds. The van der Waals surface area contributed by atoms with Gasteiger partial charge in [0, 0.05) is 6.42 Å². The first-order chi connectivity index (χ1) is 4.85. The van der Waals surface area contributed by atoms with Crippen molar-refractivity contribution in [2.45, 2.75) is 31.5 Å². The Labute approximate surface area is 63.0 Å². The van der Waals surface area contributed by atoms with Crippen LogP contribution in [0.4, 0.5) is 12.9 Å². The van der Waals surface area contributed by atoms with E-state index in [9.17, 15) is 17.7 Å². The minimum Gasteiger partial charge on any atom is -0.449 e. The first-order valence-corrected chi connectivity index (χ1v) is 3.56. The molecule has 1 saturated carbocycles. The minimum atomic E-state index is -4.85. The van der Waals surface area contributed by atoms with Crippen LogP contribution < -0.4 is 0 Å². The smallest absolute Gasteiger partial charge is 0.449 e. The predicted molar refractivity (Wildman–Crippen MR) is 36.3 cm³/mol. The normalized spacial score (nSPS) is 32.9. The van der Waals surface area contributed by atoms with E-state index in [-0.39, 0.29) is 25.0 Å². The van der Waals surface area contributed by atoms with Gasteiger partial charge in [0.15, 0.2) is 0 Å². The Morgan fingerprint density at radius 2 is 2.00 bits per heavy atom. The topological polar surface area (TPSA) is 17.1 Å². The van der Waals surface area contributed by atoms with E-state index >= 15 is 0 Å². The first-order valence-electron chi connectivity index (χ1n) is 3.56. The fraction of sp³-hybridized carbons (Fsp3) is 0.833. The van der Waals surface area contributed by atoms with Crippen LogP contribution in [0.5, 0.6) is 0 Å². The van der Waals surface area contributed by atoms with Crippen molar-refractivity contribution in [3.8, 4) is 0 Å². The maximum absolute atomic E-state index is 12.2. The number of rotatable bonds is 1. The van der Waals surface area contributed by atoms with Crippen molar-refractivity contribution in [1.82, 2.24) is 0 Å². The van der Waals surface area contributed by atoms with Gasteiger partial charge in [-0.25, -0.2) is 0 Å². The molecule has 1 nitrogen and oxygen atoms in total. The number of Topliss-reactive ketones (excluding diaryl/α,β-unsaturated/α-hetero) is 1. The molecule has 1 unspecified atom stereocenters. The lowest BCUT2D eigenvalue weighted by Crippen LogP contribution is -2.32. The van der Waals surface area contributed by atoms with Crippen LogP contribution >= 0.6 is 0 Å². The molecule has 0 N–H and O–H groups in total. The van der Waals surface area contributed by atoms with Gasteiger partial charge in [0.1, 0.15) is 5.78 Å². The van der Waals surface area contributed by atoms with Gasteiger partial charge in [-0.1, -0.05) is 18.7 Å². The minimum absolute atomic E-state index is 0.0185. The zero-order chi connectivity index (χ0) is 8.70. The average Bonchev–Trinajstić information content (AvgIpc) is 2.10. The molecular weight excluding hydrogens is 156 g/mol. The number of carbonyl (C=O) groups excluding carboxylic acids is 1. The Hall–Kier alpha value is -0.475.